The Morgan fingerprint density at radius 1 is 1.20 bits per heavy atom. The number of hydrogen-bond acceptors (Lipinski definition) is 3. The fraction of sp³-hybridized carbons (Fsp3) is 0.222. The minimum absolute atomic E-state index is 0.00477. The lowest BCUT2D eigenvalue weighted by Gasteiger charge is -2.07. The molecule has 0 aromatic heterocycles. The van der Waals surface area contributed by atoms with Gasteiger partial charge in [-0.1, -0.05) is 0 Å². The van der Waals surface area contributed by atoms with Gasteiger partial charge < -0.3 is 9.47 Å². The average molecular weight is 220 g/mol. The van der Waals surface area contributed by atoms with Gasteiger partial charge in [0.25, 0.3) is 0 Å². The molecule has 1 aromatic rings. The summed E-state index contributed by atoms with van der Waals surface area (Å²) in [5, 5.41) is 0. The number of benzene rings is 1. The number of halogens is 3. The lowest BCUT2D eigenvalue weighted by Crippen LogP contribution is -2.08. The van der Waals surface area contributed by atoms with E-state index in [-0.39, 0.29) is 5.75 Å². The van der Waals surface area contributed by atoms with Crippen LogP contribution in [-0.2, 0) is 10.9 Å². The third-order valence-electron chi connectivity index (χ3n) is 1.55. The number of alkyl halides is 3. The fourth-order valence-corrected chi connectivity index (χ4v) is 0.850. The summed E-state index contributed by atoms with van der Waals surface area (Å²) in [6.07, 6.45) is -5.38. The topological polar surface area (TPSA) is 35.5 Å². The van der Waals surface area contributed by atoms with E-state index in [4.69, 9.17) is 0 Å². The molecule has 0 aliphatic carbocycles. The van der Waals surface area contributed by atoms with Crippen molar-refractivity contribution in [3.05, 3.63) is 29.8 Å². The Morgan fingerprint density at radius 2 is 1.73 bits per heavy atom. The maximum atomic E-state index is 12.1. The molecule has 0 fully saturated rings. The van der Waals surface area contributed by atoms with Crippen LogP contribution in [0.3, 0.4) is 0 Å². The molecule has 0 aliphatic heterocycles. The van der Waals surface area contributed by atoms with Crippen LogP contribution in [-0.4, -0.2) is 13.3 Å². The second-order valence-electron chi connectivity index (χ2n) is 2.58. The Morgan fingerprint density at radius 3 is 2.13 bits per heavy atom. The number of hydrogen-bond donors (Lipinski definition) is 0. The van der Waals surface area contributed by atoms with E-state index >= 15 is 0 Å². The van der Waals surface area contributed by atoms with E-state index in [1.165, 1.54) is 0 Å². The largest absolute Gasteiger partial charge is 0.513 e. The van der Waals surface area contributed by atoms with Gasteiger partial charge in [0.2, 0.25) is 0 Å². The van der Waals surface area contributed by atoms with Crippen molar-refractivity contribution >= 4 is 6.16 Å². The molecule has 0 saturated carbocycles. The van der Waals surface area contributed by atoms with Crippen LogP contribution in [0.2, 0.25) is 0 Å². The maximum Gasteiger partial charge on any atom is 0.513 e. The quantitative estimate of drug-likeness (QED) is 0.539. The number of methoxy groups -OCH3 is 1. The van der Waals surface area contributed by atoms with Crippen molar-refractivity contribution in [3.63, 3.8) is 0 Å². The standard InChI is InChI=1S/C9H7F3O3/c1-14-8(13)15-7-4-2-6(3-5-7)9(10,11)12/h2-5H,1H3. The first-order valence-corrected chi connectivity index (χ1v) is 3.86. The highest BCUT2D eigenvalue weighted by atomic mass is 19.4. The zero-order valence-electron chi connectivity index (χ0n) is 7.67. The maximum absolute atomic E-state index is 12.1. The first-order valence-electron chi connectivity index (χ1n) is 3.86. The highest BCUT2D eigenvalue weighted by molar-refractivity contribution is 5.63. The van der Waals surface area contributed by atoms with Gasteiger partial charge in [-0.2, -0.15) is 13.2 Å². The monoisotopic (exact) mass is 220 g/mol. The number of carbonyl (C=O) groups is 1. The van der Waals surface area contributed by atoms with Crippen LogP contribution >= 0.6 is 0 Å². The van der Waals surface area contributed by atoms with Crippen molar-refractivity contribution in [2.24, 2.45) is 0 Å². The van der Waals surface area contributed by atoms with Gasteiger partial charge in [0.05, 0.1) is 12.7 Å². The number of carbonyl (C=O) groups excluding carboxylic acids is 1. The van der Waals surface area contributed by atoms with Crippen molar-refractivity contribution < 1.29 is 27.4 Å². The van der Waals surface area contributed by atoms with Crippen LogP contribution in [0.25, 0.3) is 0 Å². The number of ether oxygens (including phenoxy) is 2. The summed E-state index contributed by atoms with van der Waals surface area (Å²) in [5.74, 6) is -0.00477. The molecular formula is C9H7F3O3. The van der Waals surface area contributed by atoms with Crippen LogP contribution in [0.1, 0.15) is 5.56 Å². The Balaban J connectivity index is 2.77. The molecule has 6 heteroatoms. The predicted octanol–water partition coefficient (Wildman–Crippen LogP) is 2.85. The molecule has 0 radical (unpaired) electrons. The van der Waals surface area contributed by atoms with Crippen molar-refractivity contribution in [3.8, 4) is 5.75 Å². The van der Waals surface area contributed by atoms with Crippen LogP contribution in [0.5, 0.6) is 5.75 Å². The Labute approximate surface area is 83.4 Å². The summed E-state index contributed by atoms with van der Waals surface area (Å²) < 4.78 is 45.0. The molecule has 0 amide bonds. The summed E-state index contributed by atoms with van der Waals surface area (Å²) in [6.45, 7) is 0. The van der Waals surface area contributed by atoms with Crippen LogP contribution in [0.15, 0.2) is 24.3 Å². The van der Waals surface area contributed by atoms with Crippen molar-refractivity contribution in [2.45, 2.75) is 6.18 Å². The third-order valence-corrected chi connectivity index (χ3v) is 1.55. The molecular weight excluding hydrogens is 213 g/mol. The number of rotatable bonds is 1. The van der Waals surface area contributed by atoms with Gasteiger partial charge in [0, 0.05) is 0 Å². The summed E-state index contributed by atoms with van der Waals surface area (Å²) in [5.41, 5.74) is -0.806. The Hall–Kier alpha value is -1.72. The van der Waals surface area contributed by atoms with E-state index in [0.717, 1.165) is 31.4 Å². The molecule has 3 nitrogen and oxygen atoms in total. The highest BCUT2D eigenvalue weighted by Gasteiger charge is 2.30. The molecule has 0 spiro atoms. The van der Waals surface area contributed by atoms with E-state index in [2.05, 4.69) is 9.47 Å². The molecule has 0 N–H and O–H groups in total. The first-order chi connectivity index (χ1) is 6.93. The zero-order chi connectivity index (χ0) is 11.5. The normalized spacial score (nSPS) is 10.9. The van der Waals surface area contributed by atoms with E-state index in [0.29, 0.717) is 0 Å². The van der Waals surface area contributed by atoms with Crippen molar-refractivity contribution in [1.29, 1.82) is 0 Å². The van der Waals surface area contributed by atoms with E-state index < -0.39 is 17.9 Å². The van der Waals surface area contributed by atoms with E-state index in [1.54, 1.807) is 0 Å². The van der Waals surface area contributed by atoms with E-state index in [9.17, 15) is 18.0 Å². The third kappa shape index (κ3) is 3.16. The van der Waals surface area contributed by atoms with Gasteiger partial charge in [0.15, 0.2) is 0 Å². The summed E-state index contributed by atoms with van der Waals surface area (Å²) >= 11 is 0. The van der Waals surface area contributed by atoms with Crippen LogP contribution in [0.4, 0.5) is 18.0 Å². The van der Waals surface area contributed by atoms with Crippen LogP contribution in [0, 0.1) is 0 Å². The van der Waals surface area contributed by atoms with E-state index in [1.807, 2.05) is 0 Å². The SMILES string of the molecule is COC(=O)Oc1ccc(C(F)(F)F)cc1. The smallest absolute Gasteiger partial charge is 0.437 e. The molecule has 1 rings (SSSR count). The van der Waals surface area contributed by atoms with Gasteiger partial charge in [-0.05, 0) is 24.3 Å². The van der Waals surface area contributed by atoms with Crippen molar-refractivity contribution in [2.75, 3.05) is 7.11 Å². The molecule has 0 unspecified atom stereocenters. The lowest BCUT2D eigenvalue weighted by molar-refractivity contribution is -0.137. The highest BCUT2D eigenvalue weighted by Crippen LogP contribution is 2.30. The second kappa shape index (κ2) is 4.20. The molecule has 82 valence electrons. The fourth-order valence-electron chi connectivity index (χ4n) is 0.850. The van der Waals surface area contributed by atoms with Gasteiger partial charge in [-0.3, -0.25) is 0 Å². The molecule has 0 heterocycles. The average Bonchev–Trinajstić information content (AvgIpc) is 2.17. The second-order valence-corrected chi connectivity index (χ2v) is 2.58. The van der Waals surface area contributed by atoms with Gasteiger partial charge in [0.1, 0.15) is 5.75 Å². The lowest BCUT2D eigenvalue weighted by atomic mass is 10.2. The Kier molecular flexibility index (Phi) is 3.18. The van der Waals surface area contributed by atoms with Crippen LogP contribution < -0.4 is 4.74 Å². The zero-order valence-corrected chi connectivity index (χ0v) is 7.67. The summed E-state index contributed by atoms with van der Waals surface area (Å²) in [4.78, 5) is 10.6. The molecule has 0 aliphatic rings. The molecule has 0 saturated heterocycles. The summed E-state index contributed by atoms with van der Waals surface area (Å²) in [6, 6.07) is 3.72. The van der Waals surface area contributed by atoms with Gasteiger partial charge >= 0.3 is 12.3 Å². The minimum Gasteiger partial charge on any atom is -0.437 e. The van der Waals surface area contributed by atoms with Gasteiger partial charge in [-0.25, -0.2) is 4.79 Å². The molecule has 0 bridgehead atoms. The van der Waals surface area contributed by atoms with Crippen molar-refractivity contribution in [1.82, 2.24) is 0 Å². The molecule has 15 heavy (non-hydrogen) atoms. The van der Waals surface area contributed by atoms with Gasteiger partial charge in [-0.15, -0.1) is 0 Å². The summed E-state index contributed by atoms with van der Waals surface area (Å²) in [7, 11) is 1.10. The molecule has 1 aromatic carbocycles. The first kappa shape index (κ1) is 11.4. The molecule has 0 atom stereocenters. The predicted molar refractivity (Wildman–Crippen MR) is 44.5 cm³/mol. The minimum atomic E-state index is -4.40. The Bertz CT molecular complexity index is 343.